The maximum atomic E-state index is 12.4. The third kappa shape index (κ3) is 3.48. The standard InChI is InChI=1S/C18H18N2O4/c1-2-20(11-13-6-4-3-5-7-13)18(22)17(21)19-14-8-9-15-16(10-14)24-12-23-15/h3-10H,2,11-12H2,1H3,(H,19,21). The van der Waals surface area contributed by atoms with Crippen molar-refractivity contribution in [3.63, 3.8) is 0 Å². The van der Waals surface area contributed by atoms with Crippen molar-refractivity contribution in [2.45, 2.75) is 13.5 Å². The molecule has 1 heterocycles. The number of hydrogen-bond acceptors (Lipinski definition) is 4. The summed E-state index contributed by atoms with van der Waals surface area (Å²) in [6.45, 7) is 2.84. The second-order valence-electron chi connectivity index (χ2n) is 5.33. The van der Waals surface area contributed by atoms with Crippen LogP contribution in [0, 0.1) is 0 Å². The zero-order chi connectivity index (χ0) is 16.9. The first-order valence-corrected chi connectivity index (χ1v) is 7.71. The highest BCUT2D eigenvalue weighted by Crippen LogP contribution is 2.34. The van der Waals surface area contributed by atoms with Gasteiger partial charge in [0, 0.05) is 24.8 Å². The summed E-state index contributed by atoms with van der Waals surface area (Å²) in [4.78, 5) is 26.1. The van der Waals surface area contributed by atoms with Crippen LogP contribution >= 0.6 is 0 Å². The Morgan fingerprint density at radius 2 is 1.83 bits per heavy atom. The van der Waals surface area contributed by atoms with Crippen LogP contribution in [0.1, 0.15) is 12.5 Å². The summed E-state index contributed by atoms with van der Waals surface area (Å²) in [5.41, 5.74) is 1.47. The van der Waals surface area contributed by atoms with E-state index in [1.807, 2.05) is 37.3 Å². The minimum Gasteiger partial charge on any atom is -0.454 e. The number of hydrogen-bond donors (Lipinski definition) is 1. The minimum absolute atomic E-state index is 0.159. The Bertz CT molecular complexity index is 746. The number of rotatable bonds is 4. The Labute approximate surface area is 140 Å². The quantitative estimate of drug-likeness (QED) is 0.876. The van der Waals surface area contributed by atoms with Crippen molar-refractivity contribution in [1.82, 2.24) is 4.90 Å². The first-order valence-electron chi connectivity index (χ1n) is 7.71. The maximum absolute atomic E-state index is 12.4. The van der Waals surface area contributed by atoms with Crippen LogP contribution in [0.5, 0.6) is 11.5 Å². The van der Waals surface area contributed by atoms with Gasteiger partial charge >= 0.3 is 11.8 Å². The van der Waals surface area contributed by atoms with Crippen molar-refractivity contribution in [1.29, 1.82) is 0 Å². The summed E-state index contributed by atoms with van der Waals surface area (Å²) >= 11 is 0. The molecule has 0 fully saturated rings. The molecule has 124 valence electrons. The fourth-order valence-corrected chi connectivity index (χ4v) is 2.43. The smallest absolute Gasteiger partial charge is 0.313 e. The monoisotopic (exact) mass is 326 g/mol. The highest BCUT2D eigenvalue weighted by molar-refractivity contribution is 6.39. The number of likely N-dealkylation sites (N-methyl/N-ethyl adjacent to an activating group) is 1. The lowest BCUT2D eigenvalue weighted by atomic mass is 10.2. The van der Waals surface area contributed by atoms with Crippen LogP contribution < -0.4 is 14.8 Å². The Morgan fingerprint density at radius 3 is 2.58 bits per heavy atom. The van der Waals surface area contributed by atoms with E-state index in [1.165, 1.54) is 4.90 Å². The average molecular weight is 326 g/mol. The molecular weight excluding hydrogens is 308 g/mol. The molecule has 0 saturated carbocycles. The molecule has 6 nitrogen and oxygen atoms in total. The second kappa shape index (κ2) is 7.04. The number of anilines is 1. The third-order valence-electron chi connectivity index (χ3n) is 3.71. The number of nitrogens with zero attached hydrogens (tertiary/aromatic N) is 1. The first kappa shape index (κ1) is 15.9. The number of ether oxygens (including phenoxy) is 2. The van der Waals surface area contributed by atoms with Gasteiger partial charge in [-0.05, 0) is 24.6 Å². The van der Waals surface area contributed by atoms with Crippen molar-refractivity contribution in [2.24, 2.45) is 0 Å². The molecule has 2 amide bonds. The molecule has 0 bridgehead atoms. The van der Waals surface area contributed by atoms with E-state index in [2.05, 4.69) is 5.32 Å². The molecule has 0 aliphatic carbocycles. The van der Waals surface area contributed by atoms with E-state index < -0.39 is 11.8 Å². The predicted octanol–water partition coefficient (Wildman–Crippen LogP) is 2.40. The van der Waals surface area contributed by atoms with E-state index in [0.717, 1.165) is 5.56 Å². The van der Waals surface area contributed by atoms with Crippen molar-refractivity contribution >= 4 is 17.5 Å². The highest BCUT2D eigenvalue weighted by Gasteiger charge is 2.22. The topological polar surface area (TPSA) is 67.9 Å². The van der Waals surface area contributed by atoms with Gasteiger partial charge in [0.1, 0.15) is 0 Å². The molecule has 3 rings (SSSR count). The Hall–Kier alpha value is -3.02. The van der Waals surface area contributed by atoms with Gasteiger partial charge in [0.05, 0.1) is 0 Å². The number of carbonyl (C=O) groups excluding carboxylic acids is 2. The molecule has 0 atom stereocenters. The van der Waals surface area contributed by atoms with Crippen LogP contribution in [-0.2, 0) is 16.1 Å². The number of amides is 2. The van der Waals surface area contributed by atoms with E-state index in [-0.39, 0.29) is 6.79 Å². The normalized spacial score (nSPS) is 11.9. The molecule has 0 saturated heterocycles. The molecular formula is C18H18N2O4. The van der Waals surface area contributed by atoms with Crippen molar-refractivity contribution < 1.29 is 19.1 Å². The molecule has 24 heavy (non-hydrogen) atoms. The summed E-state index contributed by atoms with van der Waals surface area (Å²) in [7, 11) is 0. The van der Waals surface area contributed by atoms with Gasteiger partial charge < -0.3 is 19.7 Å². The number of carbonyl (C=O) groups is 2. The lowest BCUT2D eigenvalue weighted by Gasteiger charge is -2.20. The van der Waals surface area contributed by atoms with E-state index in [9.17, 15) is 9.59 Å². The summed E-state index contributed by atoms with van der Waals surface area (Å²) in [6.07, 6.45) is 0. The van der Waals surface area contributed by atoms with Crippen LogP contribution in [-0.4, -0.2) is 30.1 Å². The van der Waals surface area contributed by atoms with Crippen LogP contribution in [0.25, 0.3) is 0 Å². The van der Waals surface area contributed by atoms with Crippen LogP contribution in [0.2, 0.25) is 0 Å². The van der Waals surface area contributed by atoms with E-state index >= 15 is 0 Å². The molecule has 2 aromatic carbocycles. The van der Waals surface area contributed by atoms with Gasteiger partial charge in [-0.25, -0.2) is 0 Å². The summed E-state index contributed by atoms with van der Waals surface area (Å²) in [5.74, 6) is -0.0684. The zero-order valence-corrected chi connectivity index (χ0v) is 13.3. The van der Waals surface area contributed by atoms with Gasteiger partial charge in [-0.3, -0.25) is 9.59 Å². The predicted molar refractivity (Wildman–Crippen MR) is 88.7 cm³/mol. The maximum Gasteiger partial charge on any atom is 0.313 e. The van der Waals surface area contributed by atoms with Gasteiger partial charge in [-0.1, -0.05) is 30.3 Å². The van der Waals surface area contributed by atoms with E-state index in [1.54, 1.807) is 18.2 Å². The molecule has 1 aliphatic heterocycles. The Balaban J connectivity index is 1.65. The van der Waals surface area contributed by atoms with Gasteiger partial charge in [0.15, 0.2) is 11.5 Å². The van der Waals surface area contributed by atoms with Gasteiger partial charge in [0.25, 0.3) is 0 Å². The van der Waals surface area contributed by atoms with E-state index in [4.69, 9.17) is 9.47 Å². The highest BCUT2D eigenvalue weighted by atomic mass is 16.7. The molecule has 0 radical (unpaired) electrons. The third-order valence-corrected chi connectivity index (χ3v) is 3.71. The molecule has 6 heteroatoms. The lowest BCUT2D eigenvalue weighted by molar-refractivity contribution is -0.143. The fourth-order valence-electron chi connectivity index (χ4n) is 2.43. The largest absolute Gasteiger partial charge is 0.454 e. The fraction of sp³-hybridized carbons (Fsp3) is 0.222. The Morgan fingerprint density at radius 1 is 1.08 bits per heavy atom. The van der Waals surface area contributed by atoms with Crippen molar-refractivity contribution in [3.8, 4) is 11.5 Å². The zero-order valence-electron chi connectivity index (χ0n) is 13.3. The summed E-state index contributed by atoms with van der Waals surface area (Å²) in [6, 6.07) is 14.6. The number of fused-ring (bicyclic) bond motifs is 1. The van der Waals surface area contributed by atoms with Crippen LogP contribution in [0.15, 0.2) is 48.5 Å². The number of benzene rings is 2. The molecule has 0 spiro atoms. The Kier molecular flexibility index (Phi) is 4.65. The van der Waals surface area contributed by atoms with Gasteiger partial charge in [-0.15, -0.1) is 0 Å². The summed E-state index contributed by atoms with van der Waals surface area (Å²) < 4.78 is 10.5. The van der Waals surface area contributed by atoms with Crippen LogP contribution in [0.3, 0.4) is 0 Å². The van der Waals surface area contributed by atoms with Gasteiger partial charge in [-0.2, -0.15) is 0 Å². The van der Waals surface area contributed by atoms with E-state index in [0.29, 0.717) is 30.3 Å². The average Bonchev–Trinajstić information content (AvgIpc) is 3.07. The minimum atomic E-state index is -0.674. The molecule has 1 aliphatic rings. The second-order valence-corrected chi connectivity index (χ2v) is 5.33. The van der Waals surface area contributed by atoms with Crippen molar-refractivity contribution in [2.75, 3.05) is 18.7 Å². The summed E-state index contributed by atoms with van der Waals surface area (Å²) in [5, 5.41) is 2.61. The SMILES string of the molecule is CCN(Cc1ccccc1)C(=O)C(=O)Nc1ccc2c(c1)OCO2. The first-order chi connectivity index (χ1) is 11.7. The van der Waals surface area contributed by atoms with Gasteiger partial charge in [0.2, 0.25) is 6.79 Å². The number of nitrogens with one attached hydrogen (secondary N) is 1. The van der Waals surface area contributed by atoms with Crippen LogP contribution in [0.4, 0.5) is 5.69 Å². The molecule has 2 aromatic rings. The van der Waals surface area contributed by atoms with Crippen molar-refractivity contribution in [3.05, 3.63) is 54.1 Å². The molecule has 1 N–H and O–H groups in total. The molecule has 0 aromatic heterocycles. The lowest BCUT2D eigenvalue weighted by Crippen LogP contribution is -2.39. The molecule has 0 unspecified atom stereocenters.